The molecule has 0 aliphatic heterocycles. The molecule has 1 aromatic carbocycles. The van der Waals surface area contributed by atoms with Crippen molar-refractivity contribution in [3.05, 3.63) is 28.3 Å². The minimum absolute atomic E-state index is 0.0880. The van der Waals surface area contributed by atoms with Crippen LogP contribution in [0.2, 0.25) is 5.02 Å². The molecule has 4 nitrogen and oxygen atoms in total. The molecule has 18 heavy (non-hydrogen) atoms. The van der Waals surface area contributed by atoms with Gasteiger partial charge in [0, 0.05) is 0 Å². The van der Waals surface area contributed by atoms with Crippen LogP contribution in [-0.4, -0.2) is 19.4 Å². The molecule has 0 aliphatic carbocycles. The SMILES string of the molecule is COC(=O)c1cc(C#N)cc(Cl)c1OC(F)(F)F. The number of halogens is 4. The maximum absolute atomic E-state index is 12.2. The van der Waals surface area contributed by atoms with Crippen LogP contribution in [0.3, 0.4) is 0 Å². The standard InChI is InChI=1S/C10H5ClF3NO3/c1-17-9(16)6-2-5(4-15)3-7(11)8(6)18-10(12,13)14/h2-3H,1H3. The molecular formula is C10H5ClF3NO3. The predicted octanol–water partition coefficient (Wildman–Crippen LogP) is 2.90. The number of hydrogen-bond acceptors (Lipinski definition) is 4. The number of alkyl halides is 3. The molecule has 0 saturated heterocycles. The van der Waals surface area contributed by atoms with Gasteiger partial charge in [0.15, 0.2) is 5.75 Å². The fraction of sp³-hybridized carbons (Fsp3) is 0.200. The topological polar surface area (TPSA) is 59.3 Å². The zero-order chi connectivity index (χ0) is 13.9. The van der Waals surface area contributed by atoms with Crippen LogP contribution < -0.4 is 4.74 Å². The smallest absolute Gasteiger partial charge is 0.465 e. The first-order valence-electron chi connectivity index (χ1n) is 4.36. The molecular weight excluding hydrogens is 275 g/mol. The number of carbonyl (C=O) groups excluding carboxylic acids is 1. The third-order valence-corrected chi connectivity index (χ3v) is 2.08. The number of methoxy groups -OCH3 is 1. The summed E-state index contributed by atoms with van der Waals surface area (Å²) in [5.74, 6) is -1.98. The van der Waals surface area contributed by atoms with Crippen molar-refractivity contribution in [3.8, 4) is 11.8 Å². The molecule has 8 heteroatoms. The molecule has 0 unspecified atom stereocenters. The first-order valence-corrected chi connectivity index (χ1v) is 4.74. The van der Waals surface area contributed by atoms with E-state index in [9.17, 15) is 18.0 Å². The van der Waals surface area contributed by atoms with E-state index in [2.05, 4.69) is 9.47 Å². The van der Waals surface area contributed by atoms with Crippen LogP contribution in [0.25, 0.3) is 0 Å². The highest BCUT2D eigenvalue weighted by Crippen LogP contribution is 2.35. The third-order valence-electron chi connectivity index (χ3n) is 1.80. The van der Waals surface area contributed by atoms with Gasteiger partial charge in [-0.15, -0.1) is 13.2 Å². The highest BCUT2D eigenvalue weighted by atomic mass is 35.5. The zero-order valence-corrected chi connectivity index (χ0v) is 9.59. The van der Waals surface area contributed by atoms with E-state index >= 15 is 0 Å². The number of nitriles is 1. The molecule has 0 saturated carbocycles. The Morgan fingerprint density at radius 1 is 1.44 bits per heavy atom. The lowest BCUT2D eigenvalue weighted by molar-refractivity contribution is -0.274. The lowest BCUT2D eigenvalue weighted by Crippen LogP contribution is -2.19. The Hall–Kier alpha value is -1.94. The van der Waals surface area contributed by atoms with E-state index in [1.807, 2.05) is 0 Å². The number of hydrogen-bond donors (Lipinski definition) is 0. The number of ether oxygens (including phenoxy) is 2. The lowest BCUT2D eigenvalue weighted by atomic mass is 10.1. The summed E-state index contributed by atoms with van der Waals surface area (Å²) < 4.78 is 44.4. The molecule has 0 bridgehead atoms. The summed E-state index contributed by atoms with van der Waals surface area (Å²) in [5, 5.41) is 8.13. The number of benzene rings is 1. The Kier molecular flexibility index (Phi) is 4.03. The van der Waals surface area contributed by atoms with Crippen molar-refractivity contribution in [2.45, 2.75) is 6.36 Å². The minimum Gasteiger partial charge on any atom is -0.465 e. The summed E-state index contributed by atoms with van der Waals surface area (Å²) in [6.07, 6.45) is -5.01. The summed E-state index contributed by atoms with van der Waals surface area (Å²) >= 11 is 5.54. The second-order valence-corrected chi connectivity index (χ2v) is 3.39. The predicted molar refractivity (Wildman–Crippen MR) is 54.2 cm³/mol. The van der Waals surface area contributed by atoms with E-state index in [-0.39, 0.29) is 5.56 Å². The van der Waals surface area contributed by atoms with E-state index in [0.29, 0.717) is 0 Å². The molecule has 96 valence electrons. The van der Waals surface area contributed by atoms with Gasteiger partial charge in [0.1, 0.15) is 5.56 Å². The van der Waals surface area contributed by atoms with E-state index in [1.54, 1.807) is 6.07 Å². The van der Waals surface area contributed by atoms with Crippen LogP contribution in [0.5, 0.6) is 5.75 Å². The average molecular weight is 280 g/mol. The molecule has 0 aliphatic rings. The molecule has 0 aromatic heterocycles. The Morgan fingerprint density at radius 3 is 2.50 bits per heavy atom. The Bertz CT molecular complexity index is 522. The quantitative estimate of drug-likeness (QED) is 0.781. The highest BCUT2D eigenvalue weighted by molar-refractivity contribution is 6.32. The van der Waals surface area contributed by atoms with Gasteiger partial charge in [0.25, 0.3) is 0 Å². The van der Waals surface area contributed by atoms with E-state index in [4.69, 9.17) is 16.9 Å². The Labute approximate surface area is 104 Å². The number of rotatable bonds is 2. The van der Waals surface area contributed by atoms with Gasteiger partial charge in [-0.1, -0.05) is 11.6 Å². The van der Waals surface area contributed by atoms with Gasteiger partial charge in [0.2, 0.25) is 0 Å². The van der Waals surface area contributed by atoms with Crippen LogP contribution in [-0.2, 0) is 4.74 Å². The number of nitrogens with zero attached hydrogens (tertiary/aromatic N) is 1. The molecule has 0 spiro atoms. The summed E-state index contributed by atoms with van der Waals surface area (Å²) in [7, 11) is 0.979. The van der Waals surface area contributed by atoms with Crippen molar-refractivity contribution in [2.24, 2.45) is 0 Å². The molecule has 1 rings (SSSR count). The van der Waals surface area contributed by atoms with E-state index in [0.717, 1.165) is 19.2 Å². The second-order valence-electron chi connectivity index (χ2n) is 2.99. The van der Waals surface area contributed by atoms with Crippen molar-refractivity contribution in [3.63, 3.8) is 0 Å². The fourth-order valence-corrected chi connectivity index (χ4v) is 1.40. The summed E-state index contributed by atoms with van der Waals surface area (Å²) in [4.78, 5) is 11.3. The van der Waals surface area contributed by atoms with Gasteiger partial charge in [-0.25, -0.2) is 4.79 Å². The first kappa shape index (κ1) is 14.1. The number of esters is 1. The van der Waals surface area contributed by atoms with Crippen LogP contribution in [0.1, 0.15) is 15.9 Å². The van der Waals surface area contributed by atoms with Crippen molar-refractivity contribution in [2.75, 3.05) is 7.11 Å². The molecule has 0 N–H and O–H groups in total. The second kappa shape index (κ2) is 5.14. The molecule has 0 fully saturated rings. The maximum Gasteiger partial charge on any atom is 0.573 e. The van der Waals surface area contributed by atoms with Crippen molar-refractivity contribution >= 4 is 17.6 Å². The molecule has 0 radical (unpaired) electrons. The van der Waals surface area contributed by atoms with Crippen LogP contribution in [0.15, 0.2) is 12.1 Å². The summed E-state index contributed by atoms with van der Waals surface area (Å²) in [6.45, 7) is 0. The van der Waals surface area contributed by atoms with Gasteiger partial charge in [-0.05, 0) is 12.1 Å². The van der Waals surface area contributed by atoms with Gasteiger partial charge in [-0.2, -0.15) is 5.26 Å². The molecule has 0 heterocycles. The minimum atomic E-state index is -5.01. The third kappa shape index (κ3) is 3.28. The van der Waals surface area contributed by atoms with Crippen LogP contribution in [0.4, 0.5) is 13.2 Å². The van der Waals surface area contributed by atoms with Crippen LogP contribution in [0, 0.1) is 11.3 Å². The normalized spacial score (nSPS) is 10.7. The van der Waals surface area contributed by atoms with Crippen molar-refractivity contribution in [1.82, 2.24) is 0 Å². The Balaban J connectivity index is 3.39. The molecule has 0 atom stereocenters. The van der Waals surface area contributed by atoms with Gasteiger partial charge >= 0.3 is 12.3 Å². The highest BCUT2D eigenvalue weighted by Gasteiger charge is 2.34. The van der Waals surface area contributed by atoms with Crippen molar-refractivity contribution in [1.29, 1.82) is 5.26 Å². The van der Waals surface area contributed by atoms with Crippen molar-refractivity contribution < 1.29 is 27.4 Å². The van der Waals surface area contributed by atoms with E-state index in [1.165, 1.54) is 0 Å². The van der Waals surface area contributed by atoms with Gasteiger partial charge < -0.3 is 9.47 Å². The summed E-state index contributed by atoms with van der Waals surface area (Å²) in [5.41, 5.74) is -0.659. The van der Waals surface area contributed by atoms with Gasteiger partial charge in [0.05, 0.1) is 23.8 Å². The first-order chi connectivity index (χ1) is 8.28. The van der Waals surface area contributed by atoms with Crippen LogP contribution >= 0.6 is 11.6 Å². The fourth-order valence-electron chi connectivity index (χ4n) is 1.14. The largest absolute Gasteiger partial charge is 0.573 e. The molecule has 1 aromatic rings. The monoisotopic (exact) mass is 279 g/mol. The summed E-state index contributed by atoms with van der Waals surface area (Å²) in [6, 6.07) is 3.50. The Morgan fingerprint density at radius 2 is 2.06 bits per heavy atom. The maximum atomic E-state index is 12.2. The number of carbonyl (C=O) groups is 1. The lowest BCUT2D eigenvalue weighted by Gasteiger charge is -2.13. The van der Waals surface area contributed by atoms with E-state index < -0.39 is 28.7 Å². The zero-order valence-electron chi connectivity index (χ0n) is 8.84. The van der Waals surface area contributed by atoms with Gasteiger partial charge in [-0.3, -0.25) is 0 Å². The molecule has 0 amide bonds. The average Bonchev–Trinajstić information content (AvgIpc) is 2.28.